The smallest absolute Gasteiger partial charge is 0.268 e. The maximum atomic E-state index is 15.2. The lowest BCUT2D eigenvalue weighted by Crippen LogP contribution is -2.18. The highest BCUT2D eigenvalue weighted by atomic mass is 32.2. The zero-order valence-corrected chi connectivity index (χ0v) is 23.0. The number of benzene rings is 2. The minimum Gasteiger partial charge on any atom is -0.487 e. The van der Waals surface area contributed by atoms with Crippen LogP contribution in [0.5, 0.6) is 11.6 Å². The molecule has 10 heteroatoms. The molecule has 0 N–H and O–H groups in total. The van der Waals surface area contributed by atoms with Gasteiger partial charge < -0.3 is 14.3 Å². The van der Waals surface area contributed by atoms with Crippen molar-refractivity contribution in [2.24, 2.45) is 7.05 Å². The lowest BCUT2D eigenvalue weighted by Gasteiger charge is -2.24. The second-order valence-electron chi connectivity index (χ2n) is 10.1. The Hall–Kier alpha value is -3.66. The van der Waals surface area contributed by atoms with Crippen LogP contribution in [0.1, 0.15) is 44.7 Å². The van der Waals surface area contributed by atoms with Crippen molar-refractivity contribution in [3.63, 3.8) is 0 Å². The number of aromatic nitrogens is 3. The van der Waals surface area contributed by atoms with Crippen molar-refractivity contribution in [3.8, 4) is 11.6 Å². The molecular weight excluding hydrogens is 509 g/mol. The molecule has 0 radical (unpaired) electrons. The maximum absolute atomic E-state index is 15.2. The first kappa shape index (κ1) is 27.4. The van der Waals surface area contributed by atoms with Crippen molar-refractivity contribution in [2.75, 3.05) is 13.2 Å². The predicted molar refractivity (Wildman–Crippen MR) is 143 cm³/mol. The van der Waals surface area contributed by atoms with Crippen molar-refractivity contribution in [2.45, 2.75) is 50.8 Å². The Morgan fingerprint density at radius 1 is 1.08 bits per heavy atom. The standard InChI is InChI=1S/C28H32FN3O5S/c1-19-6-8-21(9-7-19)38(34,35)32-18-23(28(3,4)12-10-20(2)33)22-16-26(24(29)17-25(22)32)36-14-15-37-27-11-13-31(5)30-27/h6-9,11,13,16-18H,10,12,14-15H2,1-5H3. The summed E-state index contributed by atoms with van der Waals surface area (Å²) >= 11 is 0. The number of fused-ring (bicyclic) bond motifs is 1. The van der Waals surface area contributed by atoms with Crippen LogP contribution in [0.25, 0.3) is 10.9 Å². The monoisotopic (exact) mass is 541 g/mol. The molecule has 0 aliphatic rings. The Kier molecular flexibility index (Phi) is 7.64. The van der Waals surface area contributed by atoms with Gasteiger partial charge in [0.15, 0.2) is 11.6 Å². The average Bonchev–Trinajstić information content (AvgIpc) is 3.44. The van der Waals surface area contributed by atoms with Crippen molar-refractivity contribution in [3.05, 3.63) is 71.8 Å². The van der Waals surface area contributed by atoms with E-state index in [0.29, 0.717) is 29.7 Å². The molecular formula is C28H32FN3O5S. The Morgan fingerprint density at radius 3 is 2.39 bits per heavy atom. The highest BCUT2D eigenvalue weighted by Gasteiger charge is 2.30. The van der Waals surface area contributed by atoms with E-state index in [0.717, 1.165) is 9.54 Å². The van der Waals surface area contributed by atoms with Gasteiger partial charge in [-0.2, -0.15) is 0 Å². The van der Waals surface area contributed by atoms with E-state index in [1.165, 1.54) is 37.4 Å². The normalized spacial score (nSPS) is 12.2. The third-order valence-corrected chi connectivity index (χ3v) is 8.20. The van der Waals surface area contributed by atoms with Gasteiger partial charge in [0.05, 0.1) is 10.4 Å². The lowest BCUT2D eigenvalue weighted by molar-refractivity contribution is -0.117. The average molecular weight is 542 g/mol. The highest BCUT2D eigenvalue weighted by Crippen LogP contribution is 2.39. The van der Waals surface area contributed by atoms with Gasteiger partial charge in [0.1, 0.15) is 19.0 Å². The van der Waals surface area contributed by atoms with E-state index in [1.807, 2.05) is 20.8 Å². The number of carbonyl (C=O) groups is 1. The molecule has 0 spiro atoms. The quantitative estimate of drug-likeness (QED) is 0.244. The van der Waals surface area contributed by atoms with Crippen LogP contribution >= 0.6 is 0 Å². The number of ketones is 1. The van der Waals surface area contributed by atoms with Gasteiger partial charge in [-0.25, -0.2) is 16.8 Å². The fourth-order valence-electron chi connectivity index (χ4n) is 4.26. The van der Waals surface area contributed by atoms with Crippen LogP contribution in [0.4, 0.5) is 4.39 Å². The summed E-state index contributed by atoms with van der Waals surface area (Å²) in [4.78, 5) is 11.8. The summed E-state index contributed by atoms with van der Waals surface area (Å²) in [7, 11) is -2.25. The molecule has 0 saturated heterocycles. The summed E-state index contributed by atoms with van der Waals surface area (Å²) in [6, 6.07) is 10.9. The molecule has 2 aromatic heterocycles. The van der Waals surface area contributed by atoms with Crippen LogP contribution in [0.15, 0.2) is 59.8 Å². The van der Waals surface area contributed by atoms with Gasteiger partial charge in [-0.05, 0) is 49.4 Å². The molecule has 4 aromatic rings. The van der Waals surface area contributed by atoms with Gasteiger partial charge in [0.2, 0.25) is 5.88 Å². The Bertz CT molecular complexity index is 1570. The molecule has 8 nitrogen and oxygen atoms in total. The first-order valence-electron chi connectivity index (χ1n) is 12.3. The summed E-state index contributed by atoms with van der Waals surface area (Å²) in [5, 5.41) is 4.66. The van der Waals surface area contributed by atoms with E-state index in [9.17, 15) is 13.2 Å². The number of Topliss-reactive ketones (excluding diaryl/α,β-unsaturated/α-hetero) is 1. The van der Waals surface area contributed by atoms with Gasteiger partial charge in [0, 0.05) is 43.4 Å². The van der Waals surface area contributed by atoms with Crippen LogP contribution in [-0.4, -0.2) is 41.2 Å². The summed E-state index contributed by atoms with van der Waals surface area (Å²) in [6.07, 6.45) is 4.11. The molecule has 2 heterocycles. The van der Waals surface area contributed by atoms with E-state index in [4.69, 9.17) is 9.47 Å². The Labute approximate surface area is 222 Å². The molecule has 0 aliphatic carbocycles. The summed E-state index contributed by atoms with van der Waals surface area (Å²) in [5.74, 6) is -0.241. The molecule has 202 valence electrons. The third-order valence-electron chi connectivity index (χ3n) is 6.51. The SMILES string of the molecule is CC(=O)CCC(C)(C)c1cn(S(=O)(=O)c2ccc(C)cc2)c2cc(F)c(OCCOc3ccn(C)n3)cc12. The van der Waals surface area contributed by atoms with E-state index in [1.54, 1.807) is 36.1 Å². The number of ether oxygens (including phenoxy) is 2. The van der Waals surface area contributed by atoms with E-state index in [-0.39, 0.29) is 35.2 Å². The first-order valence-corrected chi connectivity index (χ1v) is 13.7. The number of rotatable bonds is 11. The number of aryl methyl sites for hydroxylation is 2. The minimum atomic E-state index is -4.02. The number of hydrogen-bond donors (Lipinski definition) is 0. The van der Waals surface area contributed by atoms with Crippen molar-refractivity contribution >= 4 is 26.7 Å². The molecule has 38 heavy (non-hydrogen) atoms. The van der Waals surface area contributed by atoms with Crippen molar-refractivity contribution in [1.29, 1.82) is 0 Å². The maximum Gasteiger partial charge on any atom is 0.268 e. The molecule has 0 saturated carbocycles. The summed E-state index contributed by atoms with van der Waals surface area (Å²) < 4.78 is 56.4. The molecule has 0 atom stereocenters. The summed E-state index contributed by atoms with van der Waals surface area (Å²) in [5.41, 5.74) is 1.23. The lowest BCUT2D eigenvalue weighted by atomic mass is 9.80. The van der Waals surface area contributed by atoms with Crippen molar-refractivity contribution in [1.82, 2.24) is 13.8 Å². The van der Waals surface area contributed by atoms with Crippen molar-refractivity contribution < 1.29 is 27.1 Å². The number of hydrogen-bond acceptors (Lipinski definition) is 6. The molecule has 4 rings (SSSR count). The Morgan fingerprint density at radius 2 is 1.76 bits per heavy atom. The van der Waals surface area contributed by atoms with Gasteiger partial charge in [-0.1, -0.05) is 31.5 Å². The van der Waals surface area contributed by atoms with Gasteiger partial charge in [-0.3, -0.25) is 4.68 Å². The largest absolute Gasteiger partial charge is 0.487 e. The number of nitrogens with zero attached hydrogens (tertiary/aromatic N) is 3. The van der Waals surface area contributed by atoms with Crippen LogP contribution in [0.2, 0.25) is 0 Å². The Balaban J connectivity index is 1.73. The van der Waals surface area contributed by atoms with Gasteiger partial charge >= 0.3 is 0 Å². The third kappa shape index (κ3) is 5.75. The highest BCUT2D eigenvalue weighted by molar-refractivity contribution is 7.90. The molecule has 2 aromatic carbocycles. The second kappa shape index (κ2) is 10.6. The van der Waals surface area contributed by atoms with Crippen LogP contribution < -0.4 is 9.47 Å². The zero-order valence-electron chi connectivity index (χ0n) is 22.2. The number of halogens is 1. The van der Waals surface area contributed by atoms with Crippen LogP contribution in [0.3, 0.4) is 0 Å². The zero-order chi connectivity index (χ0) is 27.7. The molecule has 0 fully saturated rings. The molecule has 0 amide bonds. The topological polar surface area (TPSA) is 92.4 Å². The first-order chi connectivity index (χ1) is 17.9. The fraction of sp³-hybridized carbons (Fsp3) is 0.357. The predicted octanol–water partition coefficient (Wildman–Crippen LogP) is 5.16. The van der Waals surface area contributed by atoms with Crippen LogP contribution in [0, 0.1) is 12.7 Å². The number of carbonyl (C=O) groups excluding carboxylic acids is 1. The summed E-state index contributed by atoms with van der Waals surface area (Å²) in [6.45, 7) is 7.49. The second-order valence-corrected chi connectivity index (χ2v) is 11.9. The molecule has 0 unspecified atom stereocenters. The minimum absolute atomic E-state index is 0.0174. The van der Waals surface area contributed by atoms with Gasteiger partial charge in [0.25, 0.3) is 10.0 Å². The van der Waals surface area contributed by atoms with E-state index < -0.39 is 21.3 Å². The van der Waals surface area contributed by atoms with Gasteiger partial charge in [-0.15, -0.1) is 5.10 Å². The fourth-order valence-corrected chi connectivity index (χ4v) is 5.62. The molecule has 0 aliphatic heterocycles. The van der Waals surface area contributed by atoms with E-state index in [2.05, 4.69) is 5.10 Å². The van der Waals surface area contributed by atoms with Crippen LogP contribution in [-0.2, 0) is 27.3 Å². The molecule has 0 bridgehead atoms. The van der Waals surface area contributed by atoms with E-state index >= 15 is 4.39 Å².